The number of anilines is 1. The minimum absolute atomic E-state index is 0.00335. The van der Waals surface area contributed by atoms with Gasteiger partial charge in [0.2, 0.25) is 15.9 Å². The number of carbonyl (C=O) groups excluding carboxylic acids is 1. The predicted molar refractivity (Wildman–Crippen MR) is 97.9 cm³/mol. The molecule has 0 saturated heterocycles. The van der Waals surface area contributed by atoms with E-state index in [4.69, 9.17) is 5.14 Å². The molecular formula is C15H20N6O3S2. The number of tetrazole rings is 1. The molecule has 2 aromatic rings. The molecule has 0 atom stereocenters. The first-order valence-electron chi connectivity index (χ1n) is 8.21. The molecule has 1 saturated carbocycles. The van der Waals surface area contributed by atoms with Crippen molar-refractivity contribution in [3.8, 4) is 0 Å². The molecule has 0 bridgehead atoms. The van der Waals surface area contributed by atoms with E-state index in [9.17, 15) is 13.2 Å². The van der Waals surface area contributed by atoms with E-state index >= 15 is 0 Å². The minimum Gasteiger partial charge on any atom is -0.325 e. The van der Waals surface area contributed by atoms with Crippen LogP contribution in [0.25, 0.3) is 0 Å². The van der Waals surface area contributed by atoms with E-state index in [1.54, 1.807) is 0 Å². The lowest BCUT2D eigenvalue weighted by molar-refractivity contribution is -0.113. The number of aromatic nitrogens is 4. The molecule has 9 nitrogen and oxygen atoms in total. The summed E-state index contributed by atoms with van der Waals surface area (Å²) >= 11 is 1.43. The van der Waals surface area contributed by atoms with Gasteiger partial charge in [-0.15, -0.1) is 16.9 Å². The Morgan fingerprint density at radius 2 is 1.96 bits per heavy atom. The van der Waals surface area contributed by atoms with Crippen LogP contribution in [0.2, 0.25) is 0 Å². The molecule has 1 amide bonds. The Hall–Kier alpha value is -1.98. The molecule has 0 spiro atoms. The van der Waals surface area contributed by atoms with E-state index in [-0.39, 0.29) is 16.6 Å². The Balaban J connectivity index is 1.48. The van der Waals surface area contributed by atoms with Crippen molar-refractivity contribution >= 4 is 33.4 Å². The molecule has 1 aliphatic carbocycles. The molecule has 11 heteroatoms. The van der Waals surface area contributed by atoms with Crippen molar-refractivity contribution in [2.45, 2.75) is 42.4 Å². The van der Waals surface area contributed by atoms with Gasteiger partial charge >= 0.3 is 0 Å². The number of benzene rings is 1. The van der Waals surface area contributed by atoms with Crippen LogP contribution < -0.4 is 10.5 Å². The second kappa shape index (κ2) is 8.14. The summed E-state index contributed by atoms with van der Waals surface area (Å²) in [5, 5.41) is 19.6. The number of nitrogens with one attached hydrogen (secondary N) is 1. The predicted octanol–water partition coefficient (Wildman–Crippen LogP) is 1.31. The Morgan fingerprint density at radius 3 is 2.62 bits per heavy atom. The van der Waals surface area contributed by atoms with Gasteiger partial charge < -0.3 is 5.32 Å². The van der Waals surface area contributed by atoms with Crippen molar-refractivity contribution in [1.82, 2.24) is 20.2 Å². The van der Waals surface area contributed by atoms with Gasteiger partial charge in [-0.25, -0.2) is 18.2 Å². The minimum atomic E-state index is -3.74. The molecule has 3 N–H and O–H groups in total. The molecule has 140 valence electrons. The highest BCUT2D eigenvalue weighted by atomic mass is 32.2. The maximum Gasteiger partial charge on any atom is 0.238 e. The lowest BCUT2D eigenvalue weighted by Gasteiger charge is -2.11. The largest absolute Gasteiger partial charge is 0.325 e. The van der Waals surface area contributed by atoms with Crippen LogP contribution >= 0.6 is 11.8 Å². The van der Waals surface area contributed by atoms with E-state index in [1.807, 2.05) is 4.68 Å². The van der Waals surface area contributed by atoms with E-state index < -0.39 is 10.0 Å². The SMILES string of the molecule is NS(=O)(=O)c1ccc(NC(=O)CSCc2nnnn2C2CCCC2)cc1. The van der Waals surface area contributed by atoms with Gasteiger partial charge in [-0.1, -0.05) is 12.8 Å². The number of rotatable bonds is 7. The topological polar surface area (TPSA) is 133 Å². The fraction of sp³-hybridized carbons (Fsp3) is 0.467. The summed E-state index contributed by atoms with van der Waals surface area (Å²) in [7, 11) is -3.74. The summed E-state index contributed by atoms with van der Waals surface area (Å²) in [6, 6.07) is 6.08. The highest BCUT2D eigenvalue weighted by Gasteiger charge is 2.21. The van der Waals surface area contributed by atoms with Crippen molar-refractivity contribution in [1.29, 1.82) is 0 Å². The van der Waals surface area contributed by atoms with Crippen molar-refractivity contribution < 1.29 is 13.2 Å². The van der Waals surface area contributed by atoms with Gasteiger partial charge in [-0.3, -0.25) is 4.79 Å². The van der Waals surface area contributed by atoms with Crippen LogP contribution in [0.15, 0.2) is 29.2 Å². The van der Waals surface area contributed by atoms with Gasteiger partial charge in [0.15, 0.2) is 5.82 Å². The molecule has 1 fully saturated rings. The molecule has 0 aliphatic heterocycles. The Bertz CT molecular complexity index is 860. The molecular weight excluding hydrogens is 376 g/mol. The van der Waals surface area contributed by atoms with E-state index in [0.29, 0.717) is 17.5 Å². The lowest BCUT2D eigenvalue weighted by Crippen LogP contribution is -2.16. The van der Waals surface area contributed by atoms with E-state index in [0.717, 1.165) is 18.7 Å². The van der Waals surface area contributed by atoms with E-state index in [2.05, 4.69) is 20.8 Å². The number of amides is 1. The molecule has 0 radical (unpaired) electrons. The summed E-state index contributed by atoms with van der Waals surface area (Å²) in [6.45, 7) is 0. The molecule has 1 aromatic carbocycles. The Kier molecular flexibility index (Phi) is 5.89. The smallest absolute Gasteiger partial charge is 0.238 e. The third kappa shape index (κ3) is 4.80. The third-order valence-corrected chi connectivity index (χ3v) is 6.02. The molecule has 1 aromatic heterocycles. The second-order valence-corrected chi connectivity index (χ2v) is 8.64. The number of hydrogen-bond acceptors (Lipinski definition) is 7. The third-order valence-electron chi connectivity index (χ3n) is 4.16. The van der Waals surface area contributed by atoms with Crippen LogP contribution in [-0.2, 0) is 20.6 Å². The van der Waals surface area contributed by atoms with Crippen molar-refractivity contribution in [2.24, 2.45) is 5.14 Å². The van der Waals surface area contributed by atoms with Gasteiger partial charge in [-0.05, 0) is 47.5 Å². The zero-order chi connectivity index (χ0) is 18.6. The van der Waals surface area contributed by atoms with Crippen molar-refractivity contribution in [2.75, 3.05) is 11.1 Å². The van der Waals surface area contributed by atoms with Crippen LogP contribution in [-0.4, -0.2) is 40.3 Å². The summed E-state index contributed by atoms with van der Waals surface area (Å²) in [4.78, 5) is 12.0. The van der Waals surface area contributed by atoms with Crippen LogP contribution in [0.3, 0.4) is 0 Å². The first kappa shape index (κ1) is 18.8. The number of thioether (sulfide) groups is 1. The number of carbonyl (C=O) groups is 1. The summed E-state index contributed by atoms with van der Waals surface area (Å²) in [5.74, 6) is 1.40. The van der Waals surface area contributed by atoms with Crippen LogP contribution in [0, 0.1) is 0 Å². The van der Waals surface area contributed by atoms with Gasteiger partial charge in [0.1, 0.15) is 0 Å². The Labute approximate surface area is 155 Å². The van der Waals surface area contributed by atoms with Gasteiger partial charge in [0.25, 0.3) is 0 Å². The number of primary sulfonamides is 1. The highest BCUT2D eigenvalue weighted by Crippen LogP contribution is 2.29. The number of hydrogen-bond donors (Lipinski definition) is 2. The fourth-order valence-electron chi connectivity index (χ4n) is 2.90. The lowest BCUT2D eigenvalue weighted by atomic mass is 10.2. The highest BCUT2D eigenvalue weighted by molar-refractivity contribution is 7.99. The molecule has 1 heterocycles. The maximum atomic E-state index is 12.0. The zero-order valence-corrected chi connectivity index (χ0v) is 15.7. The monoisotopic (exact) mass is 396 g/mol. The standard InChI is InChI=1S/C15H20N6O3S2/c16-26(23,24)13-7-5-11(6-8-13)17-15(22)10-25-9-14-18-19-20-21(14)12-3-1-2-4-12/h5-8,12H,1-4,9-10H2,(H,17,22)(H2,16,23,24). The maximum absolute atomic E-state index is 12.0. The summed E-state index contributed by atoms with van der Waals surface area (Å²) < 4.78 is 24.3. The van der Waals surface area contributed by atoms with Crippen molar-refractivity contribution in [3.63, 3.8) is 0 Å². The van der Waals surface area contributed by atoms with Gasteiger partial charge in [-0.2, -0.15) is 0 Å². The first-order chi connectivity index (χ1) is 12.4. The first-order valence-corrected chi connectivity index (χ1v) is 10.9. The Morgan fingerprint density at radius 1 is 1.27 bits per heavy atom. The number of sulfonamides is 1. The fourth-order valence-corrected chi connectivity index (χ4v) is 4.15. The summed E-state index contributed by atoms with van der Waals surface area (Å²) in [5.41, 5.74) is 0.513. The van der Waals surface area contributed by atoms with Crippen LogP contribution in [0.4, 0.5) is 5.69 Å². The average molecular weight is 396 g/mol. The van der Waals surface area contributed by atoms with Crippen LogP contribution in [0.1, 0.15) is 37.5 Å². The number of nitrogens with zero attached hydrogens (tertiary/aromatic N) is 4. The summed E-state index contributed by atoms with van der Waals surface area (Å²) in [6.07, 6.45) is 4.59. The average Bonchev–Trinajstić information content (AvgIpc) is 3.25. The molecule has 1 aliphatic rings. The van der Waals surface area contributed by atoms with E-state index in [1.165, 1.54) is 48.9 Å². The molecule has 0 unspecified atom stereocenters. The van der Waals surface area contributed by atoms with Crippen molar-refractivity contribution in [3.05, 3.63) is 30.1 Å². The van der Waals surface area contributed by atoms with Crippen LogP contribution in [0.5, 0.6) is 0 Å². The number of nitrogens with two attached hydrogens (primary N) is 1. The quantitative estimate of drug-likeness (QED) is 0.721. The van der Waals surface area contributed by atoms with Gasteiger partial charge in [0.05, 0.1) is 22.4 Å². The second-order valence-electron chi connectivity index (χ2n) is 6.09. The van der Waals surface area contributed by atoms with Gasteiger partial charge in [0, 0.05) is 5.69 Å². The normalized spacial score (nSPS) is 15.3. The molecule has 26 heavy (non-hydrogen) atoms. The zero-order valence-electron chi connectivity index (χ0n) is 14.0. The molecule has 3 rings (SSSR count).